The van der Waals surface area contributed by atoms with Crippen molar-refractivity contribution in [3.05, 3.63) is 46.3 Å². The number of rotatable bonds is 8. The number of esters is 1. The predicted molar refractivity (Wildman–Crippen MR) is 110 cm³/mol. The van der Waals surface area contributed by atoms with Crippen molar-refractivity contribution in [2.24, 2.45) is 0 Å². The van der Waals surface area contributed by atoms with E-state index in [1.54, 1.807) is 31.2 Å². The van der Waals surface area contributed by atoms with Gasteiger partial charge in [0.2, 0.25) is 11.6 Å². The minimum Gasteiger partial charge on any atom is -0.462 e. The van der Waals surface area contributed by atoms with E-state index in [-0.39, 0.29) is 30.5 Å². The maximum absolute atomic E-state index is 11.9. The second-order valence-corrected chi connectivity index (χ2v) is 6.63. The Labute approximate surface area is 173 Å². The van der Waals surface area contributed by atoms with E-state index >= 15 is 0 Å². The number of piperazine rings is 1. The Bertz CT molecular complexity index is 901. The summed E-state index contributed by atoms with van der Waals surface area (Å²) in [5, 5.41) is 23.8. The van der Waals surface area contributed by atoms with Gasteiger partial charge in [0.05, 0.1) is 23.7 Å². The van der Waals surface area contributed by atoms with Crippen molar-refractivity contribution in [2.75, 3.05) is 56.2 Å². The fraction of sp³-hybridized carbons (Fsp3) is 0.421. The second-order valence-electron chi connectivity index (χ2n) is 6.63. The summed E-state index contributed by atoms with van der Waals surface area (Å²) in [7, 11) is 0. The molecule has 1 fully saturated rings. The largest absolute Gasteiger partial charge is 0.462 e. The number of anilines is 3. The van der Waals surface area contributed by atoms with Crippen LogP contribution in [0.2, 0.25) is 0 Å². The maximum atomic E-state index is 11.9. The zero-order chi connectivity index (χ0) is 21.5. The average Bonchev–Trinajstić information content (AvgIpc) is 2.74. The number of nitro groups is 1. The Hall–Kier alpha value is -3.31. The molecule has 0 aliphatic carbocycles. The average molecular weight is 416 g/mol. The minimum absolute atomic E-state index is 0.0452. The van der Waals surface area contributed by atoms with E-state index in [2.05, 4.69) is 20.2 Å². The predicted octanol–water partition coefficient (Wildman–Crippen LogP) is 1.42. The van der Waals surface area contributed by atoms with E-state index < -0.39 is 10.9 Å². The van der Waals surface area contributed by atoms with Gasteiger partial charge in [-0.25, -0.2) is 14.8 Å². The first-order valence-electron chi connectivity index (χ1n) is 9.65. The van der Waals surface area contributed by atoms with Gasteiger partial charge in [-0.1, -0.05) is 6.07 Å². The van der Waals surface area contributed by atoms with E-state index in [0.29, 0.717) is 44.0 Å². The molecule has 2 aromatic rings. The first-order valence-corrected chi connectivity index (χ1v) is 9.65. The summed E-state index contributed by atoms with van der Waals surface area (Å²) in [6.07, 6.45) is 1.28. The summed E-state index contributed by atoms with van der Waals surface area (Å²) in [4.78, 5) is 35.4. The van der Waals surface area contributed by atoms with Crippen LogP contribution in [0.1, 0.15) is 17.3 Å². The van der Waals surface area contributed by atoms with Crippen molar-refractivity contribution in [1.82, 2.24) is 14.9 Å². The number of carbonyl (C=O) groups excluding carboxylic acids is 1. The number of aliphatic hydroxyl groups is 1. The molecule has 0 saturated carbocycles. The van der Waals surface area contributed by atoms with E-state index in [0.717, 1.165) is 0 Å². The molecule has 2 N–H and O–H groups in total. The number of nitrogens with zero attached hydrogens (tertiary/aromatic N) is 5. The number of nitrogens with one attached hydrogen (secondary N) is 1. The van der Waals surface area contributed by atoms with Gasteiger partial charge in [-0.05, 0) is 25.1 Å². The number of aliphatic hydroxyl groups excluding tert-OH is 1. The fourth-order valence-corrected chi connectivity index (χ4v) is 3.26. The topological polar surface area (TPSA) is 134 Å². The molecule has 0 amide bonds. The molecule has 1 aromatic carbocycles. The molecule has 11 heteroatoms. The first-order chi connectivity index (χ1) is 14.5. The summed E-state index contributed by atoms with van der Waals surface area (Å²) < 4.78 is 4.99. The van der Waals surface area contributed by atoms with Crippen molar-refractivity contribution in [1.29, 1.82) is 0 Å². The van der Waals surface area contributed by atoms with Crippen molar-refractivity contribution in [3.8, 4) is 0 Å². The lowest BCUT2D eigenvalue weighted by Crippen LogP contribution is -2.47. The number of aromatic nitrogens is 2. The third-order valence-corrected chi connectivity index (χ3v) is 4.71. The lowest BCUT2D eigenvalue weighted by Gasteiger charge is -2.34. The van der Waals surface area contributed by atoms with E-state index in [1.807, 2.05) is 4.90 Å². The van der Waals surface area contributed by atoms with Crippen LogP contribution in [-0.2, 0) is 4.74 Å². The van der Waals surface area contributed by atoms with Crippen LogP contribution in [0.25, 0.3) is 0 Å². The van der Waals surface area contributed by atoms with Gasteiger partial charge in [0.25, 0.3) is 0 Å². The normalized spacial score (nSPS) is 14.4. The van der Waals surface area contributed by atoms with Gasteiger partial charge in [-0.3, -0.25) is 15.0 Å². The van der Waals surface area contributed by atoms with E-state index in [1.165, 1.54) is 6.33 Å². The van der Waals surface area contributed by atoms with Crippen molar-refractivity contribution >= 4 is 29.0 Å². The van der Waals surface area contributed by atoms with Crippen LogP contribution < -0.4 is 10.2 Å². The van der Waals surface area contributed by atoms with Gasteiger partial charge in [-0.15, -0.1) is 0 Å². The molecule has 3 rings (SSSR count). The second kappa shape index (κ2) is 9.94. The van der Waals surface area contributed by atoms with Gasteiger partial charge in [0.15, 0.2) is 0 Å². The van der Waals surface area contributed by atoms with Crippen molar-refractivity contribution in [2.45, 2.75) is 6.92 Å². The number of β-amino-alcohol motifs (C(OH)–C–C–N with tert-alkyl or cyclic N) is 1. The molecule has 0 bridgehead atoms. The molecule has 0 unspecified atom stereocenters. The van der Waals surface area contributed by atoms with Crippen LogP contribution in [0.5, 0.6) is 0 Å². The highest BCUT2D eigenvalue weighted by atomic mass is 16.6. The van der Waals surface area contributed by atoms with Crippen LogP contribution in [0, 0.1) is 10.1 Å². The third kappa shape index (κ3) is 4.99. The van der Waals surface area contributed by atoms with Gasteiger partial charge in [0, 0.05) is 38.4 Å². The van der Waals surface area contributed by atoms with Gasteiger partial charge < -0.3 is 20.1 Å². The van der Waals surface area contributed by atoms with E-state index in [9.17, 15) is 14.9 Å². The molecule has 160 valence electrons. The zero-order valence-electron chi connectivity index (χ0n) is 16.7. The molecule has 11 nitrogen and oxygen atoms in total. The fourth-order valence-electron chi connectivity index (χ4n) is 3.26. The van der Waals surface area contributed by atoms with Crippen LogP contribution >= 0.6 is 0 Å². The highest BCUT2D eigenvalue weighted by Crippen LogP contribution is 2.34. The summed E-state index contributed by atoms with van der Waals surface area (Å²) in [5.41, 5.74) is 0.578. The molecule has 1 aromatic heterocycles. The summed E-state index contributed by atoms with van der Waals surface area (Å²) >= 11 is 0. The highest BCUT2D eigenvalue weighted by Gasteiger charge is 2.29. The van der Waals surface area contributed by atoms with E-state index in [4.69, 9.17) is 9.84 Å². The Balaban J connectivity index is 1.85. The molecule has 1 aliphatic rings. The first kappa shape index (κ1) is 21.4. The molecule has 2 heterocycles. The molecule has 0 spiro atoms. The molecule has 30 heavy (non-hydrogen) atoms. The zero-order valence-corrected chi connectivity index (χ0v) is 16.7. The van der Waals surface area contributed by atoms with Gasteiger partial charge in [0.1, 0.15) is 6.33 Å². The third-order valence-electron chi connectivity index (χ3n) is 4.71. The Morgan fingerprint density at radius 1 is 1.30 bits per heavy atom. The summed E-state index contributed by atoms with van der Waals surface area (Å²) in [6, 6.07) is 6.50. The lowest BCUT2D eigenvalue weighted by atomic mass is 10.2. The monoisotopic (exact) mass is 416 g/mol. The van der Waals surface area contributed by atoms with Crippen LogP contribution in [-0.4, -0.2) is 76.8 Å². The minimum atomic E-state index is -0.507. The van der Waals surface area contributed by atoms with Crippen LogP contribution in [0.15, 0.2) is 30.6 Å². The number of ether oxygens (including phenoxy) is 1. The number of hydrogen-bond donors (Lipinski definition) is 2. The van der Waals surface area contributed by atoms with Crippen molar-refractivity contribution < 1.29 is 19.6 Å². The molecule has 0 atom stereocenters. The molecule has 1 aliphatic heterocycles. The Morgan fingerprint density at radius 2 is 2.07 bits per heavy atom. The summed E-state index contributed by atoms with van der Waals surface area (Å²) in [5.74, 6) is -0.189. The highest BCUT2D eigenvalue weighted by molar-refractivity contribution is 5.91. The standard InChI is InChI=1S/C19H24N6O5/c1-2-30-19(27)14-4-3-5-15(12-14)22-17-16(25(28)29)18(21-13-20-17)24-8-6-23(7-9-24)10-11-26/h3-5,12-13,26H,2,6-11H2,1H3,(H,20,21,22). The van der Waals surface area contributed by atoms with Crippen LogP contribution in [0.4, 0.5) is 23.0 Å². The Kier molecular flexibility index (Phi) is 7.09. The molecular formula is C19H24N6O5. The van der Waals surface area contributed by atoms with Crippen LogP contribution in [0.3, 0.4) is 0 Å². The smallest absolute Gasteiger partial charge is 0.353 e. The quantitative estimate of drug-likeness (QED) is 0.369. The van der Waals surface area contributed by atoms with Crippen molar-refractivity contribution in [3.63, 3.8) is 0 Å². The number of carbonyl (C=O) groups is 1. The number of hydrogen-bond acceptors (Lipinski definition) is 10. The van der Waals surface area contributed by atoms with Gasteiger partial charge in [-0.2, -0.15) is 0 Å². The SMILES string of the molecule is CCOC(=O)c1cccc(Nc2ncnc(N3CCN(CCO)CC3)c2[N+](=O)[O-])c1. The Morgan fingerprint density at radius 3 is 2.73 bits per heavy atom. The lowest BCUT2D eigenvalue weighted by molar-refractivity contribution is -0.383. The molecular weight excluding hydrogens is 392 g/mol. The van der Waals surface area contributed by atoms with Gasteiger partial charge >= 0.3 is 11.7 Å². The molecule has 0 radical (unpaired) electrons. The molecule has 1 saturated heterocycles. The maximum Gasteiger partial charge on any atom is 0.353 e. The number of benzene rings is 1. The summed E-state index contributed by atoms with van der Waals surface area (Å²) in [6.45, 7) is 5.07.